The first-order chi connectivity index (χ1) is 18.6. The van der Waals surface area contributed by atoms with Crippen LogP contribution < -0.4 is 4.90 Å². The molecule has 39 heavy (non-hydrogen) atoms. The number of anilines is 1. The third kappa shape index (κ3) is 4.76. The number of nitrogens with zero attached hydrogens (tertiary/aromatic N) is 3. The highest BCUT2D eigenvalue weighted by atomic mass is 79.9. The summed E-state index contributed by atoms with van der Waals surface area (Å²) < 4.78 is 6.65. The molecule has 1 spiro atoms. The van der Waals surface area contributed by atoms with E-state index >= 15 is 0 Å². The van der Waals surface area contributed by atoms with E-state index in [2.05, 4.69) is 29.1 Å². The first-order valence-corrected chi connectivity index (χ1v) is 14.6. The Labute approximate surface area is 239 Å². The number of likely N-dealkylation sites (tertiary alicyclic amines) is 1. The minimum Gasteiger partial charge on any atom is -0.394 e. The summed E-state index contributed by atoms with van der Waals surface area (Å²) in [5.41, 5.74) is 1.46. The number of amides is 3. The maximum absolute atomic E-state index is 14.6. The van der Waals surface area contributed by atoms with Crippen molar-refractivity contribution in [3.05, 3.63) is 54.6 Å². The second-order valence-electron chi connectivity index (χ2n) is 11.0. The van der Waals surface area contributed by atoms with Gasteiger partial charge in [-0.1, -0.05) is 47.1 Å². The molecule has 3 heterocycles. The molecule has 9 heteroatoms. The van der Waals surface area contributed by atoms with Gasteiger partial charge in [0.05, 0.1) is 30.6 Å². The van der Waals surface area contributed by atoms with Gasteiger partial charge < -0.3 is 24.5 Å². The molecule has 3 saturated heterocycles. The number of benzene rings is 1. The second kappa shape index (κ2) is 11.6. The molecule has 212 valence electrons. The molecular weight excluding hydrogens is 562 g/mol. The van der Waals surface area contributed by atoms with Crippen molar-refractivity contribution < 1.29 is 24.2 Å². The molecule has 2 bridgehead atoms. The molecule has 4 rings (SSSR count). The maximum Gasteiger partial charge on any atom is 0.253 e. The van der Waals surface area contributed by atoms with Crippen LogP contribution in [0.2, 0.25) is 0 Å². The molecule has 0 aromatic heterocycles. The third-order valence-corrected chi connectivity index (χ3v) is 9.22. The van der Waals surface area contributed by atoms with Crippen LogP contribution in [0.5, 0.6) is 0 Å². The van der Waals surface area contributed by atoms with Crippen LogP contribution in [0.3, 0.4) is 0 Å². The summed E-state index contributed by atoms with van der Waals surface area (Å²) >= 11 is 3.73. The van der Waals surface area contributed by atoms with Crippen LogP contribution in [0, 0.1) is 25.7 Å². The molecular formula is C30H40BrN3O5. The zero-order valence-electron chi connectivity index (χ0n) is 23.3. The molecule has 3 unspecified atom stereocenters. The van der Waals surface area contributed by atoms with E-state index in [1.54, 1.807) is 28.9 Å². The van der Waals surface area contributed by atoms with Gasteiger partial charge in [0, 0.05) is 30.1 Å². The topological polar surface area (TPSA) is 90.4 Å². The van der Waals surface area contributed by atoms with E-state index in [-0.39, 0.29) is 35.7 Å². The lowest BCUT2D eigenvalue weighted by Gasteiger charge is -2.39. The lowest BCUT2D eigenvalue weighted by molar-refractivity contribution is -0.147. The van der Waals surface area contributed by atoms with E-state index in [1.165, 1.54) is 4.90 Å². The molecule has 3 aliphatic heterocycles. The predicted molar refractivity (Wildman–Crippen MR) is 155 cm³/mol. The van der Waals surface area contributed by atoms with E-state index in [9.17, 15) is 19.5 Å². The highest BCUT2D eigenvalue weighted by Gasteiger charge is 2.77. The van der Waals surface area contributed by atoms with Crippen LogP contribution in [0.1, 0.15) is 37.8 Å². The van der Waals surface area contributed by atoms with Crippen LogP contribution >= 0.6 is 15.9 Å². The number of alkyl halides is 1. The number of ether oxygens (including phenoxy) is 1. The molecule has 7 atom stereocenters. The van der Waals surface area contributed by atoms with Crippen molar-refractivity contribution in [3.8, 4) is 0 Å². The monoisotopic (exact) mass is 601 g/mol. The van der Waals surface area contributed by atoms with Crippen LogP contribution in [-0.2, 0) is 19.1 Å². The summed E-state index contributed by atoms with van der Waals surface area (Å²) in [4.78, 5) is 47.5. The van der Waals surface area contributed by atoms with Crippen molar-refractivity contribution in [1.82, 2.24) is 9.80 Å². The fraction of sp³-hybridized carbons (Fsp3) is 0.567. The standard InChI is InChI=1S/C30H40BrN3O5/c1-7-12-32(13-8-2)27(36)23-24-28(37)34(20(6)17-35)26(30(24)16-21(31)25(23)39-30)29(38)33(14-9-3)22-15-18(4)10-11-19(22)5/h7,9-11,15,20-21,23-26,35H,1,3,8,12-14,16-17H2,2,4-6H3/t20-,21?,23+,24+,25+,26?,30?/m1/s1. The highest BCUT2D eigenvalue weighted by Crippen LogP contribution is 2.61. The summed E-state index contributed by atoms with van der Waals surface area (Å²) in [7, 11) is 0. The number of carbonyl (C=O) groups is 3. The Balaban J connectivity index is 1.83. The molecule has 3 aliphatic rings. The molecule has 0 saturated carbocycles. The van der Waals surface area contributed by atoms with E-state index < -0.39 is 35.6 Å². The number of hydrogen-bond donors (Lipinski definition) is 1. The van der Waals surface area contributed by atoms with Gasteiger partial charge in [0.1, 0.15) is 11.6 Å². The van der Waals surface area contributed by atoms with Crippen molar-refractivity contribution >= 4 is 39.3 Å². The van der Waals surface area contributed by atoms with Crippen LogP contribution in [0.25, 0.3) is 0 Å². The number of halogens is 1. The van der Waals surface area contributed by atoms with Gasteiger partial charge in [-0.2, -0.15) is 0 Å². The summed E-state index contributed by atoms with van der Waals surface area (Å²) in [5, 5.41) is 10.2. The highest BCUT2D eigenvalue weighted by molar-refractivity contribution is 9.09. The summed E-state index contributed by atoms with van der Waals surface area (Å²) in [6, 6.07) is 4.27. The Bertz CT molecular complexity index is 1160. The molecule has 3 fully saturated rings. The fourth-order valence-electron chi connectivity index (χ4n) is 6.71. The number of aliphatic hydroxyl groups excluding tert-OH is 1. The average molecular weight is 603 g/mol. The quantitative estimate of drug-likeness (QED) is 0.310. The first kappa shape index (κ1) is 29.5. The molecule has 0 aliphatic carbocycles. The van der Waals surface area contributed by atoms with Gasteiger partial charge in [-0.3, -0.25) is 14.4 Å². The Morgan fingerprint density at radius 3 is 2.56 bits per heavy atom. The number of aryl methyl sites for hydroxylation is 2. The van der Waals surface area contributed by atoms with E-state index in [0.29, 0.717) is 19.5 Å². The second-order valence-corrected chi connectivity index (χ2v) is 12.2. The van der Waals surface area contributed by atoms with Crippen molar-refractivity contribution in [2.24, 2.45) is 11.8 Å². The molecule has 1 N–H and O–H groups in total. The zero-order chi connectivity index (χ0) is 28.6. The number of aliphatic hydroxyl groups is 1. The Morgan fingerprint density at radius 2 is 1.95 bits per heavy atom. The maximum atomic E-state index is 14.6. The van der Waals surface area contributed by atoms with Gasteiger partial charge in [0.2, 0.25) is 11.8 Å². The van der Waals surface area contributed by atoms with E-state index in [0.717, 1.165) is 23.2 Å². The third-order valence-electron chi connectivity index (χ3n) is 8.37. The average Bonchev–Trinajstić information content (AvgIpc) is 3.50. The molecule has 1 aromatic rings. The lowest BCUT2D eigenvalue weighted by Crippen LogP contribution is -2.59. The summed E-state index contributed by atoms with van der Waals surface area (Å²) in [5.74, 6) is -2.33. The molecule has 8 nitrogen and oxygen atoms in total. The van der Waals surface area contributed by atoms with Crippen molar-refractivity contribution in [2.45, 2.75) is 69.2 Å². The lowest BCUT2D eigenvalue weighted by atomic mass is 9.70. The van der Waals surface area contributed by atoms with Crippen molar-refractivity contribution in [2.75, 3.05) is 31.1 Å². The smallest absolute Gasteiger partial charge is 0.253 e. The van der Waals surface area contributed by atoms with Gasteiger partial charge in [0.25, 0.3) is 5.91 Å². The largest absolute Gasteiger partial charge is 0.394 e. The minimum absolute atomic E-state index is 0.159. The number of hydrogen-bond acceptors (Lipinski definition) is 5. The molecule has 3 amide bonds. The van der Waals surface area contributed by atoms with E-state index in [4.69, 9.17) is 4.74 Å². The first-order valence-electron chi connectivity index (χ1n) is 13.7. The Kier molecular flexibility index (Phi) is 8.73. The van der Waals surface area contributed by atoms with Gasteiger partial charge in [-0.25, -0.2) is 0 Å². The summed E-state index contributed by atoms with van der Waals surface area (Å²) in [6.07, 6.45) is 3.98. The van der Waals surface area contributed by atoms with Crippen LogP contribution in [0.4, 0.5) is 5.69 Å². The normalized spacial score (nSPS) is 29.7. The van der Waals surface area contributed by atoms with Crippen LogP contribution in [-0.4, -0.2) is 87.5 Å². The van der Waals surface area contributed by atoms with Gasteiger partial charge in [-0.05, 0) is 50.8 Å². The summed E-state index contributed by atoms with van der Waals surface area (Å²) in [6.45, 7) is 16.1. The number of fused-ring (bicyclic) bond motifs is 1. The fourth-order valence-corrected chi connectivity index (χ4v) is 7.66. The Morgan fingerprint density at radius 1 is 1.26 bits per heavy atom. The van der Waals surface area contributed by atoms with E-state index in [1.807, 2.05) is 39.0 Å². The number of carbonyl (C=O) groups excluding carboxylic acids is 3. The molecule has 1 aromatic carbocycles. The minimum atomic E-state index is -1.19. The van der Waals surface area contributed by atoms with Gasteiger partial charge in [-0.15, -0.1) is 13.2 Å². The Hall–Kier alpha value is -2.49. The number of rotatable bonds is 11. The van der Waals surface area contributed by atoms with Crippen molar-refractivity contribution in [1.29, 1.82) is 0 Å². The van der Waals surface area contributed by atoms with Gasteiger partial charge >= 0.3 is 0 Å². The van der Waals surface area contributed by atoms with Crippen molar-refractivity contribution in [3.63, 3.8) is 0 Å². The molecule has 0 radical (unpaired) electrons. The predicted octanol–water partition coefficient (Wildman–Crippen LogP) is 3.38. The zero-order valence-corrected chi connectivity index (χ0v) is 24.9. The van der Waals surface area contributed by atoms with Crippen LogP contribution in [0.15, 0.2) is 43.5 Å². The SMILES string of the molecule is C=CCN(CCC)C(=O)[C@H]1[C@H]2C(=O)N([C@H](C)CO)C(C(=O)N(CC=C)c3cc(C)ccc3C)C23CC(Br)[C@@H]1O3. The van der Waals surface area contributed by atoms with Gasteiger partial charge in [0.15, 0.2) is 0 Å².